The van der Waals surface area contributed by atoms with E-state index in [0.717, 1.165) is 39.9 Å². The second-order valence-electron chi connectivity index (χ2n) is 12.6. The average molecular weight is 593 g/mol. The summed E-state index contributed by atoms with van der Waals surface area (Å²) in [5.41, 5.74) is 11.2. The summed E-state index contributed by atoms with van der Waals surface area (Å²) in [7, 11) is 0. The van der Waals surface area contributed by atoms with Crippen molar-refractivity contribution in [1.29, 1.82) is 0 Å². The molecule has 0 fully saturated rings. The maximum atomic E-state index is 7.01. The minimum atomic E-state index is -0.215. The predicted molar refractivity (Wildman–Crippen MR) is 191 cm³/mol. The molecule has 2 aliphatic rings. The van der Waals surface area contributed by atoms with Gasteiger partial charge in [-0.1, -0.05) is 129 Å². The zero-order chi connectivity index (χ0) is 30.8. The monoisotopic (exact) mass is 592 g/mol. The van der Waals surface area contributed by atoms with Gasteiger partial charge in [0, 0.05) is 16.5 Å². The summed E-state index contributed by atoms with van der Waals surface area (Å²) in [5.74, 6) is 1.71. The van der Waals surface area contributed by atoms with Gasteiger partial charge in [0.15, 0.2) is 11.5 Å². The lowest BCUT2D eigenvalue weighted by Crippen LogP contribution is -2.32. The van der Waals surface area contributed by atoms with Crippen LogP contribution in [0, 0.1) is 0 Å². The Balaban J connectivity index is 1.32. The number of hydrogen-bond acceptors (Lipinski definition) is 3. The molecule has 0 N–H and O–H groups in total. The number of fused-ring (bicyclic) bond motifs is 5. The van der Waals surface area contributed by atoms with Gasteiger partial charge < -0.3 is 14.5 Å². The molecule has 0 atom stereocenters. The lowest BCUT2D eigenvalue weighted by atomic mass is 9.73. The highest BCUT2D eigenvalue weighted by atomic mass is 16.5. The smallest absolute Gasteiger partial charge is 0.175 e. The topological polar surface area (TPSA) is 15.7 Å². The van der Waals surface area contributed by atoms with Crippen LogP contribution in [-0.2, 0) is 5.41 Å². The molecular formula is C43H32N2O. The average Bonchev–Trinajstić information content (AvgIpc) is 3.11. The first-order valence-electron chi connectivity index (χ1n) is 15.9. The summed E-state index contributed by atoms with van der Waals surface area (Å²) in [4.78, 5) is 4.78. The molecule has 220 valence electrons. The Labute approximate surface area is 269 Å². The van der Waals surface area contributed by atoms with Crippen molar-refractivity contribution in [2.24, 2.45) is 0 Å². The van der Waals surface area contributed by atoms with E-state index in [2.05, 4.69) is 181 Å². The second-order valence-corrected chi connectivity index (χ2v) is 12.6. The zero-order valence-electron chi connectivity index (χ0n) is 25.8. The summed E-state index contributed by atoms with van der Waals surface area (Å²) in [6, 6.07) is 56.3. The van der Waals surface area contributed by atoms with Gasteiger partial charge in [0.05, 0.1) is 28.4 Å². The fraction of sp³-hybridized carbons (Fsp3) is 0.0698. The molecule has 46 heavy (non-hydrogen) atoms. The molecule has 7 aromatic rings. The number of para-hydroxylation sites is 3. The van der Waals surface area contributed by atoms with E-state index in [1.54, 1.807) is 0 Å². The van der Waals surface area contributed by atoms with Crippen LogP contribution >= 0.6 is 0 Å². The predicted octanol–water partition coefficient (Wildman–Crippen LogP) is 12.2. The zero-order valence-corrected chi connectivity index (χ0v) is 25.8. The van der Waals surface area contributed by atoms with Crippen LogP contribution in [0.4, 0.5) is 34.1 Å². The summed E-state index contributed by atoms with van der Waals surface area (Å²) in [5, 5.41) is 2.38. The van der Waals surface area contributed by atoms with Crippen LogP contribution in [0.3, 0.4) is 0 Å². The van der Waals surface area contributed by atoms with Crippen molar-refractivity contribution in [3.63, 3.8) is 0 Å². The van der Waals surface area contributed by atoms with Gasteiger partial charge in [-0.3, -0.25) is 0 Å². The molecule has 2 heterocycles. The van der Waals surface area contributed by atoms with Gasteiger partial charge in [0.1, 0.15) is 0 Å². The SMILES string of the molecule is CC1(C)c2ccccc2N2c3ccccc3Oc3c(N(c4ccc(-c5ccccc5)cc4)c4cccc5ccccc45)ccc1c32. The van der Waals surface area contributed by atoms with Gasteiger partial charge in [-0.25, -0.2) is 0 Å². The number of anilines is 6. The number of hydrogen-bond donors (Lipinski definition) is 0. The van der Waals surface area contributed by atoms with Crippen molar-refractivity contribution in [3.05, 3.63) is 169 Å². The molecule has 0 radical (unpaired) electrons. The minimum absolute atomic E-state index is 0.215. The number of ether oxygens (including phenoxy) is 1. The molecule has 7 aromatic carbocycles. The molecule has 9 rings (SSSR count). The van der Waals surface area contributed by atoms with Crippen LogP contribution in [0.5, 0.6) is 11.5 Å². The molecular weight excluding hydrogens is 560 g/mol. The van der Waals surface area contributed by atoms with Crippen LogP contribution in [0.1, 0.15) is 25.0 Å². The molecule has 0 amide bonds. The van der Waals surface area contributed by atoms with E-state index in [4.69, 9.17) is 4.74 Å². The molecule has 0 aromatic heterocycles. The fourth-order valence-corrected chi connectivity index (χ4v) is 7.36. The minimum Gasteiger partial charge on any atom is -0.451 e. The largest absolute Gasteiger partial charge is 0.451 e. The van der Waals surface area contributed by atoms with Crippen LogP contribution in [-0.4, -0.2) is 0 Å². The molecule has 0 unspecified atom stereocenters. The van der Waals surface area contributed by atoms with Gasteiger partial charge >= 0.3 is 0 Å². The van der Waals surface area contributed by atoms with E-state index in [0.29, 0.717) is 0 Å². The van der Waals surface area contributed by atoms with Crippen LogP contribution in [0.15, 0.2) is 158 Å². The van der Waals surface area contributed by atoms with Gasteiger partial charge in [0.25, 0.3) is 0 Å². The summed E-state index contributed by atoms with van der Waals surface area (Å²) in [6.45, 7) is 4.65. The van der Waals surface area contributed by atoms with Crippen molar-refractivity contribution in [1.82, 2.24) is 0 Å². The second kappa shape index (κ2) is 10.1. The van der Waals surface area contributed by atoms with E-state index >= 15 is 0 Å². The van der Waals surface area contributed by atoms with E-state index < -0.39 is 0 Å². The fourth-order valence-electron chi connectivity index (χ4n) is 7.36. The molecule has 3 heteroatoms. The molecule has 0 saturated heterocycles. The van der Waals surface area contributed by atoms with Crippen molar-refractivity contribution in [3.8, 4) is 22.6 Å². The standard InChI is InChI=1S/C43H32N2O/c1-43(2)34-18-8-9-19-37(34)45-38-20-10-11-22-40(38)46-42-39(28-27-35(43)41(42)45)44(36-21-12-16-31-15-6-7-17-33(31)36)32-25-23-30(24-26-32)29-13-4-3-5-14-29/h3-28H,1-2H3. The molecule has 0 saturated carbocycles. The van der Waals surface area contributed by atoms with Crippen LogP contribution < -0.4 is 14.5 Å². The first kappa shape index (κ1) is 26.6. The maximum absolute atomic E-state index is 7.01. The summed E-state index contributed by atoms with van der Waals surface area (Å²) >= 11 is 0. The Kier molecular flexibility index (Phi) is 5.85. The van der Waals surface area contributed by atoms with Crippen molar-refractivity contribution in [2.45, 2.75) is 19.3 Å². The van der Waals surface area contributed by atoms with E-state index in [-0.39, 0.29) is 5.41 Å². The lowest BCUT2D eigenvalue weighted by Gasteiger charge is -2.45. The highest BCUT2D eigenvalue weighted by Crippen LogP contribution is 2.62. The number of benzene rings is 7. The van der Waals surface area contributed by atoms with Crippen LogP contribution in [0.2, 0.25) is 0 Å². The van der Waals surface area contributed by atoms with E-state index in [9.17, 15) is 0 Å². The van der Waals surface area contributed by atoms with Gasteiger partial charge in [-0.2, -0.15) is 0 Å². The van der Waals surface area contributed by atoms with Crippen molar-refractivity contribution >= 4 is 44.9 Å². The normalized spacial score (nSPS) is 13.7. The Bertz CT molecular complexity index is 2270. The lowest BCUT2D eigenvalue weighted by molar-refractivity contribution is 0.472. The van der Waals surface area contributed by atoms with Crippen molar-refractivity contribution < 1.29 is 4.74 Å². The highest BCUT2D eigenvalue weighted by Gasteiger charge is 2.43. The number of rotatable bonds is 4. The summed E-state index contributed by atoms with van der Waals surface area (Å²) < 4.78 is 7.01. The highest BCUT2D eigenvalue weighted by molar-refractivity contribution is 6.03. The Hall–Kier alpha value is -5.80. The molecule has 2 aliphatic heterocycles. The van der Waals surface area contributed by atoms with Gasteiger partial charge in [0.2, 0.25) is 0 Å². The third-order valence-electron chi connectivity index (χ3n) is 9.63. The molecule has 3 nitrogen and oxygen atoms in total. The van der Waals surface area contributed by atoms with E-state index in [1.165, 1.54) is 38.7 Å². The maximum Gasteiger partial charge on any atom is 0.175 e. The Morgan fingerprint density at radius 3 is 2.04 bits per heavy atom. The molecule has 0 aliphatic carbocycles. The Morgan fingerprint density at radius 1 is 0.522 bits per heavy atom. The van der Waals surface area contributed by atoms with Crippen molar-refractivity contribution in [2.75, 3.05) is 9.80 Å². The first-order chi connectivity index (χ1) is 22.6. The molecule has 0 spiro atoms. The first-order valence-corrected chi connectivity index (χ1v) is 15.9. The van der Waals surface area contributed by atoms with Gasteiger partial charge in [-0.15, -0.1) is 0 Å². The number of nitrogens with zero attached hydrogens (tertiary/aromatic N) is 2. The van der Waals surface area contributed by atoms with E-state index in [1.807, 2.05) is 0 Å². The summed E-state index contributed by atoms with van der Waals surface area (Å²) in [6.07, 6.45) is 0. The molecule has 0 bridgehead atoms. The quantitative estimate of drug-likeness (QED) is 0.202. The Morgan fingerprint density at radius 2 is 1.20 bits per heavy atom. The van der Waals surface area contributed by atoms with Gasteiger partial charge in [-0.05, 0) is 70.1 Å². The van der Waals surface area contributed by atoms with Crippen LogP contribution in [0.25, 0.3) is 21.9 Å². The third kappa shape index (κ3) is 3.92. The third-order valence-corrected chi connectivity index (χ3v) is 9.63.